The van der Waals surface area contributed by atoms with Gasteiger partial charge in [-0.3, -0.25) is 0 Å². The molecule has 0 saturated heterocycles. The molecule has 0 bridgehead atoms. The lowest BCUT2D eigenvalue weighted by atomic mass is 9.99. The van der Waals surface area contributed by atoms with Crippen LogP contribution < -0.4 is 0 Å². The summed E-state index contributed by atoms with van der Waals surface area (Å²) in [6.45, 7) is 1.78. The Morgan fingerprint density at radius 2 is 2.00 bits per heavy atom. The van der Waals surface area contributed by atoms with Crippen molar-refractivity contribution < 1.29 is 4.84 Å². The average molecular weight is 361 g/mol. The first kappa shape index (κ1) is 16.5. The van der Waals surface area contributed by atoms with Crippen LogP contribution >= 0.6 is 23.2 Å². The molecule has 0 aliphatic heterocycles. The van der Waals surface area contributed by atoms with Crippen LogP contribution in [-0.4, -0.2) is 21.0 Å². The van der Waals surface area contributed by atoms with E-state index in [0.29, 0.717) is 10.0 Å². The quantitative estimate of drug-likeness (QED) is 0.490. The van der Waals surface area contributed by atoms with Gasteiger partial charge in [0, 0.05) is 27.4 Å². The van der Waals surface area contributed by atoms with Crippen LogP contribution in [0.4, 0.5) is 0 Å². The first-order valence-electron chi connectivity index (χ1n) is 7.23. The number of benzene rings is 2. The van der Waals surface area contributed by atoms with Crippen LogP contribution in [0.25, 0.3) is 5.69 Å². The van der Waals surface area contributed by atoms with Gasteiger partial charge in [0.15, 0.2) is 6.10 Å². The van der Waals surface area contributed by atoms with Crippen molar-refractivity contribution in [3.63, 3.8) is 0 Å². The number of hydrogen-bond acceptors (Lipinski definition) is 4. The predicted octanol–water partition coefficient (Wildman–Crippen LogP) is 4.69. The summed E-state index contributed by atoms with van der Waals surface area (Å²) >= 11 is 12.4. The normalized spacial score (nSPS) is 12.5. The van der Waals surface area contributed by atoms with E-state index in [0.717, 1.165) is 16.8 Å². The molecule has 122 valence electrons. The number of hydrogen-bond donors (Lipinski definition) is 0. The lowest BCUT2D eigenvalue weighted by Gasteiger charge is -2.20. The summed E-state index contributed by atoms with van der Waals surface area (Å²) < 4.78 is 1.67. The van der Waals surface area contributed by atoms with Gasteiger partial charge in [0.25, 0.3) is 0 Å². The van der Waals surface area contributed by atoms with Gasteiger partial charge in [-0.05, 0) is 25.1 Å². The molecule has 2 aromatic carbocycles. The van der Waals surface area contributed by atoms with Crippen LogP contribution in [-0.2, 0) is 4.84 Å². The molecular weight excluding hydrogens is 347 g/mol. The summed E-state index contributed by atoms with van der Waals surface area (Å²) in [7, 11) is 0. The summed E-state index contributed by atoms with van der Waals surface area (Å²) in [6.07, 6.45) is 4.18. The molecule has 0 radical (unpaired) electrons. The minimum atomic E-state index is -0.508. The minimum Gasteiger partial charge on any atom is -0.383 e. The van der Waals surface area contributed by atoms with Crippen LogP contribution in [0, 0.1) is 0 Å². The fraction of sp³-hybridized carbons (Fsp3) is 0.118. The Morgan fingerprint density at radius 3 is 2.71 bits per heavy atom. The van der Waals surface area contributed by atoms with Gasteiger partial charge in [-0.2, -0.15) is 5.10 Å². The van der Waals surface area contributed by atoms with Gasteiger partial charge in [0.1, 0.15) is 12.7 Å². The Labute approximate surface area is 149 Å². The number of aromatic nitrogens is 3. The molecule has 7 heteroatoms. The first-order valence-corrected chi connectivity index (χ1v) is 7.99. The maximum absolute atomic E-state index is 6.38. The molecule has 5 nitrogen and oxygen atoms in total. The van der Waals surface area contributed by atoms with Crippen LogP contribution in [0.3, 0.4) is 0 Å². The molecule has 0 N–H and O–H groups in total. The predicted molar refractivity (Wildman–Crippen MR) is 94.9 cm³/mol. The van der Waals surface area contributed by atoms with E-state index in [1.807, 2.05) is 30.3 Å². The molecule has 0 spiro atoms. The number of halogens is 2. The van der Waals surface area contributed by atoms with E-state index in [1.165, 1.54) is 6.33 Å². The fourth-order valence-corrected chi connectivity index (χ4v) is 2.88. The second-order valence-electron chi connectivity index (χ2n) is 4.91. The maximum Gasteiger partial charge on any atom is 0.181 e. The zero-order valence-corrected chi connectivity index (χ0v) is 14.3. The standard InChI is InChI=1S/C17H14Cl2N4O/c1-2-22-24-17(13-8-7-12(18)9-15(13)19)14-5-3-4-6-16(14)23-11-20-10-21-23/h2-11,17H,1H3/b22-2+. The van der Waals surface area contributed by atoms with Gasteiger partial charge >= 0.3 is 0 Å². The van der Waals surface area contributed by atoms with Crippen molar-refractivity contribution in [2.75, 3.05) is 0 Å². The summed E-state index contributed by atoms with van der Waals surface area (Å²) in [4.78, 5) is 9.70. The van der Waals surface area contributed by atoms with Crippen LogP contribution in [0.1, 0.15) is 24.2 Å². The highest BCUT2D eigenvalue weighted by Crippen LogP contribution is 2.35. The monoisotopic (exact) mass is 360 g/mol. The third kappa shape index (κ3) is 3.42. The summed E-state index contributed by atoms with van der Waals surface area (Å²) in [5, 5.41) is 9.21. The van der Waals surface area contributed by atoms with E-state index in [-0.39, 0.29) is 0 Å². The zero-order valence-electron chi connectivity index (χ0n) is 12.8. The van der Waals surface area contributed by atoms with Gasteiger partial charge in [-0.15, -0.1) is 0 Å². The highest BCUT2D eigenvalue weighted by Gasteiger charge is 2.23. The topological polar surface area (TPSA) is 52.3 Å². The van der Waals surface area contributed by atoms with Gasteiger partial charge < -0.3 is 4.84 Å². The van der Waals surface area contributed by atoms with Crippen molar-refractivity contribution in [1.82, 2.24) is 14.8 Å². The molecule has 0 aliphatic rings. The number of oxime groups is 1. The Morgan fingerprint density at radius 1 is 1.17 bits per heavy atom. The summed E-state index contributed by atoms with van der Waals surface area (Å²) in [5.41, 5.74) is 2.45. The molecule has 3 aromatic rings. The molecule has 24 heavy (non-hydrogen) atoms. The third-order valence-corrected chi connectivity index (χ3v) is 3.96. The van der Waals surface area contributed by atoms with E-state index in [2.05, 4.69) is 15.2 Å². The third-order valence-electron chi connectivity index (χ3n) is 3.40. The lowest BCUT2D eigenvalue weighted by Crippen LogP contribution is -2.09. The molecule has 0 saturated carbocycles. The largest absolute Gasteiger partial charge is 0.383 e. The molecule has 1 atom stereocenters. The van der Waals surface area contributed by atoms with Crippen LogP contribution in [0.2, 0.25) is 10.0 Å². The Balaban J connectivity index is 2.14. The van der Waals surface area contributed by atoms with E-state index >= 15 is 0 Å². The molecule has 1 heterocycles. The first-order chi connectivity index (χ1) is 11.7. The average Bonchev–Trinajstić information content (AvgIpc) is 3.11. The van der Waals surface area contributed by atoms with Gasteiger partial charge in [-0.25, -0.2) is 9.67 Å². The van der Waals surface area contributed by atoms with E-state index in [4.69, 9.17) is 28.0 Å². The van der Waals surface area contributed by atoms with E-state index in [9.17, 15) is 0 Å². The molecule has 3 rings (SSSR count). The Kier molecular flexibility index (Phi) is 5.13. The molecule has 1 aromatic heterocycles. The molecular formula is C17H14Cl2N4O. The van der Waals surface area contributed by atoms with E-state index in [1.54, 1.807) is 36.3 Å². The molecule has 1 unspecified atom stereocenters. The van der Waals surface area contributed by atoms with Crippen molar-refractivity contribution >= 4 is 29.4 Å². The van der Waals surface area contributed by atoms with Crippen molar-refractivity contribution in [3.05, 3.63) is 76.3 Å². The van der Waals surface area contributed by atoms with Gasteiger partial charge in [-0.1, -0.05) is 52.6 Å². The Hall–Kier alpha value is -2.37. The summed E-state index contributed by atoms with van der Waals surface area (Å²) in [6, 6.07) is 13.0. The second-order valence-corrected chi connectivity index (χ2v) is 5.76. The lowest BCUT2D eigenvalue weighted by molar-refractivity contribution is 0.0885. The van der Waals surface area contributed by atoms with Crippen molar-refractivity contribution in [1.29, 1.82) is 0 Å². The highest BCUT2D eigenvalue weighted by atomic mass is 35.5. The summed E-state index contributed by atoms with van der Waals surface area (Å²) in [5.74, 6) is 0. The van der Waals surface area contributed by atoms with Gasteiger partial charge in [0.05, 0.1) is 5.69 Å². The second kappa shape index (κ2) is 7.47. The fourth-order valence-electron chi connectivity index (χ4n) is 2.37. The van der Waals surface area contributed by atoms with Crippen molar-refractivity contribution in [2.24, 2.45) is 5.16 Å². The van der Waals surface area contributed by atoms with Gasteiger partial charge in [0.2, 0.25) is 0 Å². The number of nitrogens with zero attached hydrogens (tertiary/aromatic N) is 4. The van der Waals surface area contributed by atoms with Crippen LogP contribution in [0.15, 0.2) is 60.3 Å². The van der Waals surface area contributed by atoms with Crippen molar-refractivity contribution in [2.45, 2.75) is 13.0 Å². The Bertz CT molecular complexity index is 850. The van der Waals surface area contributed by atoms with E-state index < -0.39 is 6.10 Å². The van der Waals surface area contributed by atoms with Crippen LogP contribution in [0.5, 0.6) is 0 Å². The molecule has 0 fully saturated rings. The number of rotatable bonds is 5. The molecule has 0 aliphatic carbocycles. The minimum absolute atomic E-state index is 0.507. The zero-order chi connectivity index (χ0) is 16.9. The maximum atomic E-state index is 6.38. The number of para-hydroxylation sites is 1. The smallest absolute Gasteiger partial charge is 0.181 e. The van der Waals surface area contributed by atoms with Crippen molar-refractivity contribution in [3.8, 4) is 5.69 Å². The molecule has 0 amide bonds. The SMILES string of the molecule is C/C=N/OC(c1ccc(Cl)cc1Cl)c1ccccc1-n1cncn1. The highest BCUT2D eigenvalue weighted by molar-refractivity contribution is 6.35.